The number of nitrogens with zero attached hydrogens (tertiary/aromatic N) is 3. The van der Waals surface area contributed by atoms with Crippen LogP contribution < -0.4 is 5.76 Å². The maximum absolute atomic E-state index is 13.0. The summed E-state index contributed by atoms with van der Waals surface area (Å²) in [6.07, 6.45) is 1.86. The van der Waals surface area contributed by atoms with Gasteiger partial charge in [-0.1, -0.05) is 0 Å². The van der Waals surface area contributed by atoms with Crippen molar-refractivity contribution < 1.29 is 18.0 Å². The molecule has 1 amide bonds. The molecule has 0 atom stereocenters. The fourth-order valence-corrected chi connectivity index (χ4v) is 2.88. The molecule has 8 heteroatoms. The number of rotatable bonds is 6. The third kappa shape index (κ3) is 3.84. The van der Waals surface area contributed by atoms with Crippen LogP contribution in [0.15, 0.2) is 50.0 Å². The van der Waals surface area contributed by atoms with Crippen LogP contribution in [0.25, 0.3) is 11.5 Å². The van der Waals surface area contributed by atoms with E-state index < -0.39 is 11.6 Å². The molecule has 1 aliphatic carbocycles. The lowest BCUT2D eigenvalue weighted by atomic mass is 10.2. The summed E-state index contributed by atoms with van der Waals surface area (Å²) < 4.78 is 24.7. The summed E-state index contributed by atoms with van der Waals surface area (Å²) in [4.78, 5) is 26.5. The zero-order chi connectivity index (χ0) is 19.0. The summed E-state index contributed by atoms with van der Waals surface area (Å²) in [6, 6.07) is 9.27. The van der Waals surface area contributed by atoms with Gasteiger partial charge in [-0.2, -0.15) is 4.68 Å². The van der Waals surface area contributed by atoms with E-state index in [0.29, 0.717) is 17.9 Å². The molecule has 7 nitrogen and oxygen atoms in total. The number of hydrogen-bond acceptors (Lipinski definition) is 5. The summed E-state index contributed by atoms with van der Waals surface area (Å²) >= 11 is 0. The summed E-state index contributed by atoms with van der Waals surface area (Å²) in [6.45, 7) is 1.98. The molecule has 1 aliphatic rings. The van der Waals surface area contributed by atoms with Crippen LogP contribution in [0.4, 0.5) is 4.39 Å². The van der Waals surface area contributed by atoms with E-state index in [4.69, 9.17) is 8.83 Å². The SMILES string of the molecule is Cc1ccc(CN(C(=O)Cn2nc(-c3ccc(F)cc3)oc2=O)C2CC2)o1. The van der Waals surface area contributed by atoms with Crippen molar-refractivity contribution in [3.05, 3.63) is 64.3 Å². The van der Waals surface area contributed by atoms with Gasteiger partial charge in [0.05, 0.1) is 6.54 Å². The zero-order valence-electron chi connectivity index (χ0n) is 14.7. The Bertz CT molecular complexity index is 1010. The van der Waals surface area contributed by atoms with Crippen molar-refractivity contribution in [2.24, 2.45) is 0 Å². The molecule has 2 heterocycles. The standard InChI is InChI=1S/C19H18FN3O4/c1-12-2-9-16(26-12)10-22(15-7-8-15)17(24)11-23-19(25)27-18(21-23)13-3-5-14(20)6-4-13/h2-6,9,15H,7-8,10-11H2,1H3. The Hall–Kier alpha value is -3.16. The molecule has 1 fully saturated rings. The lowest BCUT2D eigenvalue weighted by Crippen LogP contribution is -2.37. The van der Waals surface area contributed by atoms with E-state index in [1.165, 1.54) is 24.3 Å². The third-order valence-electron chi connectivity index (χ3n) is 4.41. The molecule has 0 saturated heterocycles. The van der Waals surface area contributed by atoms with Gasteiger partial charge in [-0.15, -0.1) is 5.10 Å². The van der Waals surface area contributed by atoms with Crippen LogP contribution in [0.5, 0.6) is 0 Å². The number of aromatic nitrogens is 2. The molecule has 0 aliphatic heterocycles. The Morgan fingerprint density at radius 2 is 1.96 bits per heavy atom. The van der Waals surface area contributed by atoms with Crippen molar-refractivity contribution in [2.45, 2.75) is 38.9 Å². The fraction of sp³-hybridized carbons (Fsp3) is 0.316. The largest absolute Gasteiger partial charge is 0.464 e. The van der Waals surface area contributed by atoms with Gasteiger partial charge in [0.15, 0.2) is 0 Å². The van der Waals surface area contributed by atoms with Gasteiger partial charge in [0, 0.05) is 11.6 Å². The molecule has 0 spiro atoms. The van der Waals surface area contributed by atoms with E-state index in [0.717, 1.165) is 23.3 Å². The summed E-state index contributed by atoms with van der Waals surface area (Å²) in [7, 11) is 0. The van der Waals surface area contributed by atoms with Crippen molar-refractivity contribution in [2.75, 3.05) is 0 Å². The lowest BCUT2D eigenvalue weighted by molar-refractivity contribution is -0.133. The van der Waals surface area contributed by atoms with Crippen molar-refractivity contribution in [1.29, 1.82) is 0 Å². The Morgan fingerprint density at radius 1 is 1.22 bits per heavy atom. The van der Waals surface area contributed by atoms with Gasteiger partial charge in [-0.25, -0.2) is 9.18 Å². The van der Waals surface area contributed by atoms with Crippen LogP contribution in [0.1, 0.15) is 24.4 Å². The Morgan fingerprint density at radius 3 is 2.59 bits per heavy atom. The van der Waals surface area contributed by atoms with Gasteiger partial charge in [-0.05, 0) is 56.2 Å². The smallest absolute Gasteiger partial charge is 0.437 e. The molecule has 0 unspecified atom stereocenters. The molecule has 1 aromatic carbocycles. The minimum atomic E-state index is -0.729. The molecule has 3 aromatic rings. The van der Waals surface area contributed by atoms with Crippen LogP contribution >= 0.6 is 0 Å². The molecule has 4 rings (SSSR count). The first-order valence-electron chi connectivity index (χ1n) is 8.68. The van der Waals surface area contributed by atoms with Crippen LogP contribution in [0.3, 0.4) is 0 Å². The maximum Gasteiger partial charge on any atom is 0.437 e. The summed E-state index contributed by atoms with van der Waals surface area (Å²) in [5, 5.41) is 4.07. The number of amides is 1. The van der Waals surface area contributed by atoms with Crippen LogP contribution in [0.2, 0.25) is 0 Å². The molecule has 27 heavy (non-hydrogen) atoms. The number of carbonyl (C=O) groups is 1. The number of hydrogen-bond donors (Lipinski definition) is 0. The number of halogens is 1. The second-order valence-corrected chi connectivity index (χ2v) is 6.60. The first-order chi connectivity index (χ1) is 13.0. The normalized spacial score (nSPS) is 13.7. The number of carbonyl (C=O) groups excluding carboxylic acids is 1. The molecular weight excluding hydrogens is 353 g/mol. The van der Waals surface area contributed by atoms with Gasteiger partial charge in [0.2, 0.25) is 11.8 Å². The number of benzene rings is 1. The van der Waals surface area contributed by atoms with Crippen LogP contribution in [0, 0.1) is 12.7 Å². The monoisotopic (exact) mass is 371 g/mol. The van der Waals surface area contributed by atoms with Gasteiger partial charge >= 0.3 is 5.76 Å². The van der Waals surface area contributed by atoms with Gasteiger partial charge in [-0.3, -0.25) is 4.79 Å². The Labute approximate surface area is 154 Å². The maximum atomic E-state index is 13.0. The second-order valence-electron chi connectivity index (χ2n) is 6.60. The first kappa shape index (κ1) is 17.3. The molecule has 0 bridgehead atoms. The summed E-state index contributed by atoms with van der Waals surface area (Å²) in [5.41, 5.74) is 0.463. The average molecular weight is 371 g/mol. The average Bonchev–Trinajstić information content (AvgIpc) is 3.30. The van der Waals surface area contributed by atoms with Gasteiger partial charge in [0.25, 0.3) is 0 Å². The highest BCUT2D eigenvalue weighted by Crippen LogP contribution is 2.29. The van der Waals surface area contributed by atoms with E-state index in [1.807, 2.05) is 19.1 Å². The predicted molar refractivity (Wildman–Crippen MR) is 93.2 cm³/mol. The van der Waals surface area contributed by atoms with Crippen LogP contribution in [-0.4, -0.2) is 26.6 Å². The lowest BCUT2D eigenvalue weighted by Gasteiger charge is -2.20. The van der Waals surface area contributed by atoms with Crippen molar-refractivity contribution in [3.8, 4) is 11.5 Å². The summed E-state index contributed by atoms with van der Waals surface area (Å²) in [5.74, 6) is 0.174. The zero-order valence-corrected chi connectivity index (χ0v) is 14.7. The first-order valence-corrected chi connectivity index (χ1v) is 8.68. The predicted octanol–water partition coefficient (Wildman–Crippen LogP) is 2.74. The van der Waals surface area contributed by atoms with Crippen LogP contribution in [-0.2, 0) is 17.9 Å². The molecule has 0 radical (unpaired) electrons. The minimum Gasteiger partial charge on any atom is -0.464 e. The Balaban J connectivity index is 1.51. The highest BCUT2D eigenvalue weighted by Gasteiger charge is 2.33. The number of furan rings is 1. The van der Waals surface area contributed by atoms with E-state index in [9.17, 15) is 14.0 Å². The topological polar surface area (TPSA) is 81.5 Å². The highest BCUT2D eigenvalue weighted by atomic mass is 19.1. The molecule has 0 N–H and O–H groups in total. The van der Waals surface area contributed by atoms with Crippen molar-refractivity contribution in [1.82, 2.24) is 14.7 Å². The van der Waals surface area contributed by atoms with Gasteiger partial charge in [0.1, 0.15) is 23.9 Å². The van der Waals surface area contributed by atoms with E-state index in [2.05, 4.69) is 5.10 Å². The highest BCUT2D eigenvalue weighted by molar-refractivity contribution is 5.76. The quantitative estimate of drug-likeness (QED) is 0.665. The second kappa shape index (κ2) is 6.86. The van der Waals surface area contributed by atoms with Crippen molar-refractivity contribution in [3.63, 3.8) is 0 Å². The van der Waals surface area contributed by atoms with Crippen molar-refractivity contribution >= 4 is 5.91 Å². The minimum absolute atomic E-state index is 0.0485. The fourth-order valence-electron chi connectivity index (χ4n) is 2.88. The molecular formula is C19H18FN3O4. The molecule has 1 saturated carbocycles. The van der Waals surface area contributed by atoms with E-state index in [1.54, 1.807) is 4.90 Å². The molecule has 140 valence electrons. The van der Waals surface area contributed by atoms with E-state index >= 15 is 0 Å². The Kier molecular flexibility index (Phi) is 4.39. The molecule has 2 aromatic heterocycles. The number of aryl methyl sites for hydroxylation is 1. The van der Waals surface area contributed by atoms with E-state index in [-0.39, 0.29) is 24.4 Å². The van der Waals surface area contributed by atoms with Gasteiger partial charge < -0.3 is 13.7 Å². The third-order valence-corrected chi connectivity index (χ3v) is 4.41.